The summed E-state index contributed by atoms with van der Waals surface area (Å²) in [6.07, 6.45) is 3.40. The van der Waals surface area contributed by atoms with Crippen molar-refractivity contribution in [1.82, 2.24) is 14.8 Å². The summed E-state index contributed by atoms with van der Waals surface area (Å²) in [5.41, 5.74) is 0.324. The number of carbonyl (C=O) groups excluding carboxylic acids is 2. The van der Waals surface area contributed by atoms with Gasteiger partial charge < -0.3 is 19.0 Å². The molecule has 2 fully saturated rings. The van der Waals surface area contributed by atoms with Gasteiger partial charge in [-0.1, -0.05) is 0 Å². The lowest BCUT2D eigenvalue weighted by atomic mass is 9.93. The molecule has 3 heterocycles. The van der Waals surface area contributed by atoms with Gasteiger partial charge in [-0.25, -0.2) is 4.98 Å². The van der Waals surface area contributed by atoms with E-state index in [4.69, 9.17) is 9.15 Å². The van der Waals surface area contributed by atoms with Gasteiger partial charge in [0.25, 0.3) is 5.91 Å². The molecule has 0 aliphatic carbocycles. The SMILES string of the molecule is CC(C)N1C[C@H]2CN(C(=O)c3cocn3)CC[C@@H]2OCC1=O. The van der Waals surface area contributed by atoms with Crippen molar-refractivity contribution in [2.75, 3.05) is 26.2 Å². The summed E-state index contributed by atoms with van der Waals surface area (Å²) < 4.78 is 10.6. The van der Waals surface area contributed by atoms with E-state index in [0.717, 1.165) is 6.42 Å². The minimum atomic E-state index is -0.126. The van der Waals surface area contributed by atoms with Crippen LogP contribution in [-0.4, -0.2) is 65.0 Å². The molecule has 1 aromatic heterocycles. The largest absolute Gasteiger partial charge is 0.451 e. The fourth-order valence-corrected chi connectivity index (χ4v) is 3.18. The van der Waals surface area contributed by atoms with Crippen molar-refractivity contribution >= 4 is 11.8 Å². The van der Waals surface area contributed by atoms with Crippen LogP contribution < -0.4 is 0 Å². The van der Waals surface area contributed by atoms with Crippen molar-refractivity contribution in [3.8, 4) is 0 Å². The molecule has 120 valence electrons. The standard InChI is InChI=1S/C15H21N3O4/c1-10(2)18-6-11-5-17(15(20)12-7-21-9-16-12)4-3-13(11)22-8-14(18)19/h7,9-11,13H,3-6,8H2,1-2H3/t11-,13+/m1/s1. The quantitative estimate of drug-likeness (QED) is 0.807. The highest BCUT2D eigenvalue weighted by atomic mass is 16.5. The van der Waals surface area contributed by atoms with Gasteiger partial charge in [0.15, 0.2) is 12.1 Å². The third kappa shape index (κ3) is 2.85. The Bertz CT molecular complexity index is 543. The van der Waals surface area contributed by atoms with Gasteiger partial charge >= 0.3 is 0 Å². The maximum absolute atomic E-state index is 12.4. The second-order valence-electron chi connectivity index (χ2n) is 6.16. The molecular formula is C15H21N3O4. The predicted octanol–water partition coefficient (Wildman–Crippen LogP) is 0.773. The van der Waals surface area contributed by atoms with Gasteiger partial charge in [-0.05, 0) is 20.3 Å². The van der Waals surface area contributed by atoms with Crippen LogP contribution in [0.2, 0.25) is 0 Å². The van der Waals surface area contributed by atoms with E-state index in [2.05, 4.69) is 4.98 Å². The lowest BCUT2D eigenvalue weighted by Crippen LogP contribution is -2.50. The molecule has 2 amide bonds. The molecule has 2 saturated heterocycles. The van der Waals surface area contributed by atoms with Crippen LogP contribution in [0.5, 0.6) is 0 Å². The molecule has 0 spiro atoms. The van der Waals surface area contributed by atoms with Gasteiger partial charge in [0, 0.05) is 31.6 Å². The number of ether oxygens (including phenoxy) is 1. The first-order valence-corrected chi connectivity index (χ1v) is 7.64. The van der Waals surface area contributed by atoms with E-state index < -0.39 is 0 Å². The van der Waals surface area contributed by atoms with Crippen molar-refractivity contribution in [3.63, 3.8) is 0 Å². The Morgan fingerprint density at radius 1 is 1.41 bits per heavy atom. The third-order valence-electron chi connectivity index (χ3n) is 4.40. The molecule has 2 aliphatic rings. The topological polar surface area (TPSA) is 75.9 Å². The van der Waals surface area contributed by atoms with E-state index in [9.17, 15) is 9.59 Å². The van der Waals surface area contributed by atoms with Crippen LogP contribution in [0.25, 0.3) is 0 Å². The third-order valence-corrected chi connectivity index (χ3v) is 4.40. The molecule has 1 aromatic rings. The minimum absolute atomic E-state index is 0.0266. The summed E-state index contributed by atoms with van der Waals surface area (Å²) in [6.45, 7) is 5.95. The van der Waals surface area contributed by atoms with Crippen molar-refractivity contribution in [2.24, 2.45) is 5.92 Å². The summed E-state index contributed by atoms with van der Waals surface area (Å²) >= 11 is 0. The van der Waals surface area contributed by atoms with Crippen molar-refractivity contribution in [3.05, 3.63) is 18.4 Å². The van der Waals surface area contributed by atoms with Crippen LogP contribution in [0.4, 0.5) is 0 Å². The van der Waals surface area contributed by atoms with Crippen LogP contribution in [0.15, 0.2) is 17.1 Å². The first-order chi connectivity index (χ1) is 10.6. The molecule has 3 rings (SSSR count). The van der Waals surface area contributed by atoms with E-state index in [-0.39, 0.29) is 36.5 Å². The van der Waals surface area contributed by atoms with Gasteiger partial charge in [-0.3, -0.25) is 9.59 Å². The molecule has 0 N–H and O–H groups in total. The number of rotatable bonds is 2. The summed E-state index contributed by atoms with van der Waals surface area (Å²) in [5, 5.41) is 0. The van der Waals surface area contributed by atoms with Gasteiger partial charge in [0.2, 0.25) is 5.91 Å². The number of likely N-dealkylation sites (tertiary alicyclic amines) is 1. The van der Waals surface area contributed by atoms with E-state index >= 15 is 0 Å². The van der Waals surface area contributed by atoms with Crippen molar-refractivity contribution in [2.45, 2.75) is 32.4 Å². The number of aromatic nitrogens is 1. The smallest absolute Gasteiger partial charge is 0.275 e. The zero-order valence-corrected chi connectivity index (χ0v) is 12.9. The Hall–Kier alpha value is -1.89. The van der Waals surface area contributed by atoms with Crippen LogP contribution in [-0.2, 0) is 9.53 Å². The van der Waals surface area contributed by atoms with E-state index in [0.29, 0.717) is 25.3 Å². The van der Waals surface area contributed by atoms with E-state index in [1.807, 2.05) is 18.7 Å². The molecule has 7 nitrogen and oxygen atoms in total. The monoisotopic (exact) mass is 307 g/mol. The van der Waals surface area contributed by atoms with E-state index in [1.165, 1.54) is 12.7 Å². The van der Waals surface area contributed by atoms with Gasteiger partial charge in [0.05, 0.1) is 6.10 Å². The fraction of sp³-hybridized carbons (Fsp3) is 0.667. The van der Waals surface area contributed by atoms with Crippen LogP contribution in [0, 0.1) is 5.92 Å². The molecule has 0 bridgehead atoms. The molecule has 0 radical (unpaired) electrons. The number of fused-ring (bicyclic) bond motifs is 1. The number of hydrogen-bond acceptors (Lipinski definition) is 5. The molecule has 7 heteroatoms. The number of hydrogen-bond donors (Lipinski definition) is 0. The molecular weight excluding hydrogens is 286 g/mol. The molecule has 2 atom stereocenters. The Labute approximate surface area is 129 Å². The molecule has 22 heavy (non-hydrogen) atoms. The van der Waals surface area contributed by atoms with Crippen LogP contribution >= 0.6 is 0 Å². The van der Waals surface area contributed by atoms with Gasteiger partial charge in [0.1, 0.15) is 12.9 Å². The Morgan fingerprint density at radius 3 is 2.91 bits per heavy atom. The average molecular weight is 307 g/mol. The normalized spacial score (nSPS) is 26.0. The zero-order chi connectivity index (χ0) is 15.7. The highest BCUT2D eigenvalue weighted by Gasteiger charge is 2.38. The predicted molar refractivity (Wildman–Crippen MR) is 77.1 cm³/mol. The number of piperidine rings is 1. The Morgan fingerprint density at radius 2 is 2.23 bits per heavy atom. The van der Waals surface area contributed by atoms with Crippen LogP contribution in [0.1, 0.15) is 30.8 Å². The minimum Gasteiger partial charge on any atom is -0.451 e. The van der Waals surface area contributed by atoms with Gasteiger partial charge in [-0.2, -0.15) is 0 Å². The number of nitrogens with zero attached hydrogens (tertiary/aromatic N) is 3. The van der Waals surface area contributed by atoms with E-state index in [1.54, 1.807) is 4.90 Å². The molecule has 2 aliphatic heterocycles. The molecule has 0 unspecified atom stereocenters. The van der Waals surface area contributed by atoms with Crippen molar-refractivity contribution < 1.29 is 18.7 Å². The van der Waals surface area contributed by atoms with Gasteiger partial charge in [-0.15, -0.1) is 0 Å². The van der Waals surface area contributed by atoms with Crippen molar-refractivity contribution in [1.29, 1.82) is 0 Å². The van der Waals surface area contributed by atoms with Crippen LogP contribution in [0.3, 0.4) is 0 Å². The maximum atomic E-state index is 12.4. The second-order valence-corrected chi connectivity index (χ2v) is 6.16. The number of amides is 2. The Kier molecular flexibility index (Phi) is 4.15. The highest BCUT2D eigenvalue weighted by Crippen LogP contribution is 2.25. The maximum Gasteiger partial charge on any atom is 0.275 e. The second kappa shape index (κ2) is 6.08. The lowest BCUT2D eigenvalue weighted by Gasteiger charge is -2.38. The lowest BCUT2D eigenvalue weighted by molar-refractivity contribution is -0.136. The average Bonchev–Trinajstić information content (AvgIpc) is 2.98. The first-order valence-electron chi connectivity index (χ1n) is 7.64. The summed E-state index contributed by atoms with van der Waals surface area (Å²) in [5.74, 6) is 0.0381. The fourth-order valence-electron chi connectivity index (χ4n) is 3.18. The Balaban J connectivity index is 1.72. The molecule has 0 saturated carbocycles. The first kappa shape index (κ1) is 15.0. The summed E-state index contributed by atoms with van der Waals surface area (Å²) in [4.78, 5) is 32.0. The highest BCUT2D eigenvalue weighted by molar-refractivity contribution is 5.92. The summed E-state index contributed by atoms with van der Waals surface area (Å²) in [7, 11) is 0. The number of carbonyl (C=O) groups is 2. The zero-order valence-electron chi connectivity index (χ0n) is 12.9. The summed E-state index contributed by atoms with van der Waals surface area (Å²) in [6, 6.07) is 0.136. The molecule has 0 aromatic carbocycles. The number of oxazole rings is 1.